The van der Waals surface area contributed by atoms with Gasteiger partial charge in [0.05, 0.1) is 55.5 Å². The van der Waals surface area contributed by atoms with Crippen LogP contribution < -0.4 is 34.8 Å². The van der Waals surface area contributed by atoms with Gasteiger partial charge in [0, 0.05) is 28.8 Å². The first kappa shape index (κ1) is 48.3. The number of methoxy groups -OCH3 is 2. The molecule has 0 aromatic heterocycles. The highest BCUT2D eigenvalue weighted by molar-refractivity contribution is 6.67. The van der Waals surface area contributed by atoms with Gasteiger partial charge in [-0.1, -0.05) is 66.7 Å². The van der Waals surface area contributed by atoms with Crippen LogP contribution in [0.15, 0.2) is 146 Å². The topological polar surface area (TPSA) is 199 Å². The van der Waals surface area contributed by atoms with E-state index in [1.165, 1.54) is 26.4 Å². The number of benzene rings is 6. The normalized spacial score (nSPS) is 12.6. The molecule has 3 aliphatic heterocycles. The number of esters is 2. The summed E-state index contributed by atoms with van der Waals surface area (Å²) in [6, 6.07) is 41.5. The van der Waals surface area contributed by atoms with Crippen LogP contribution in [0.25, 0.3) is 0 Å². The summed E-state index contributed by atoms with van der Waals surface area (Å²) in [5, 5.41) is 11.5. The Labute approximate surface area is 390 Å². The number of hydrogen-bond donors (Lipinski definition) is 3. The highest BCUT2D eigenvalue weighted by Gasteiger charge is 2.27. The van der Waals surface area contributed by atoms with Crippen LogP contribution in [0, 0.1) is 0 Å². The van der Waals surface area contributed by atoms with Gasteiger partial charge in [0.1, 0.15) is 37.1 Å². The quantitative estimate of drug-likeness (QED) is 0.0636. The first-order valence-electron chi connectivity index (χ1n) is 20.7. The molecule has 0 radical (unpaired) electrons. The Bertz CT molecular complexity index is 2580. The third-order valence-corrected chi connectivity index (χ3v) is 10.3. The van der Waals surface area contributed by atoms with Crippen molar-refractivity contribution in [2.45, 2.75) is 0 Å². The molecular formula is C50H45ClN4O12. The van der Waals surface area contributed by atoms with Gasteiger partial charge in [-0.05, 0) is 90.5 Å². The Balaban J connectivity index is 0.000000155. The fourth-order valence-electron chi connectivity index (χ4n) is 6.74. The molecule has 3 aliphatic rings. The van der Waals surface area contributed by atoms with Crippen LogP contribution in [0.1, 0.15) is 62.1 Å². The van der Waals surface area contributed by atoms with Crippen molar-refractivity contribution in [3.05, 3.63) is 179 Å². The van der Waals surface area contributed by atoms with E-state index < -0.39 is 17.1 Å². The van der Waals surface area contributed by atoms with Gasteiger partial charge in [-0.25, -0.2) is 15.1 Å². The van der Waals surface area contributed by atoms with E-state index in [0.29, 0.717) is 83.6 Å². The van der Waals surface area contributed by atoms with Crippen LogP contribution in [-0.2, 0) is 9.47 Å². The fourth-order valence-corrected chi connectivity index (χ4v) is 6.86. The Morgan fingerprint density at radius 1 is 0.537 bits per heavy atom. The molecule has 0 saturated heterocycles. The molecule has 0 spiro atoms. The minimum atomic E-state index is -0.638. The number of rotatable bonds is 6. The number of halogens is 1. The van der Waals surface area contributed by atoms with Crippen molar-refractivity contribution in [2.75, 3.05) is 68.8 Å². The second-order valence-electron chi connectivity index (χ2n) is 14.3. The SMILES string of the molecule is COC(=O)c1ccc2c(c1)N(C(=O)c1ccccc1)CCO2.COC(=O)c1ccc2c(c1)NCCO2.O=C(Cl)c1ccccc1.O=C(NO)c1ccc2c(c1)N(C(=O)c1ccccc1)CCO2. The Morgan fingerprint density at radius 3 is 1.40 bits per heavy atom. The van der Waals surface area contributed by atoms with Crippen molar-refractivity contribution >= 4 is 63.6 Å². The lowest BCUT2D eigenvalue weighted by Crippen LogP contribution is -2.38. The maximum absolute atomic E-state index is 12.7. The van der Waals surface area contributed by atoms with E-state index in [1.54, 1.807) is 118 Å². The van der Waals surface area contributed by atoms with Crippen LogP contribution in [0.2, 0.25) is 0 Å². The van der Waals surface area contributed by atoms with Crippen LogP contribution in [-0.4, -0.2) is 93.8 Å². The first-order chi connectivity index (χ1) is 32.5. The first-order valence-corrected chi connectivity index (χ1v) is 21.0. The molecular weight excluding hydrogens is 884 g/mol. The van der Waals surface area contributed by atoms with E-state index in [9.17, 15) is 28.8 Å². The van der Waals surface area contributed by atoms with Crippen LogP contribution in [0.5, 0.6) is 17.2 Å². The summed E-state index contributed by atoms with van der Waals surface area (Å²) in [5.74, 6) is 0.206. The minimum Gasteiger partial charge on any atom is -0.490 e. The molecule has 16 nitrogen and oxygen atoms in total. The smallest absolute Gasteiger partial charge is 0.337 e. The molecule has 344 valence electrons. The van der Waals surface area contributed by atoms with Crippen molar-refractivity contribution in [2.24, 2.45) is 0 Å². The molecule has 6 aromatic rings. The average Bonchev–Trinajstić information content (AvgIpc) is 3.40. The molecule has 0 atom stereocenters. The maximum Gasteiger partial charge on any atom is 0.337 e. The van der Waals surface area contributed by atoms with Gasteiger partial charge in [0.15, 0.2) is 0 Å². The predicted molar refractivity (Wildman–Crippen MR) is 249 cm³/mol. The van der Waals surface area contributed by atoms with E-state index in [4.69, 9.17) is 35.8 Å². The number of carbonyl (C=O) groups is 6. The summed E-state index contributed by atoms with van der Waals surface area (Å²) < 4.78 is 25.8. The second-order valence-corrected chi connectivity index (χ2v) is 14.6. The lowest BCUT2D eigenvalue weighted by Gasteiger charge is -2.30. The van der Waals surface area contributed by atoms with Gasteiger partial charge in [-0.15, -0.1) is 0 Å². The number of amides is 3. The highest BCUT2D eigenvalue weighted by atomic mass is 35.5. The Hall–Kier alpha value is -8.21. The monoisotopic (exact) mass is 928 g/mol. The molecule has 0 fully saturated rings. The summed E-state index contributed by atoms with van der Waals surface area (Å²) >= 11 is 5.16. The summed E-state index contributed by atoms with van der Waals surface area (Å²) in [4.78, 5) is 73.3. The summed E-state index contributed by atoms with van der Waals surface area (Å²) in [6.07, 6.45) is 0. The van der Waals surface area contributed by atoms with Gasteiger partial charge in [-0.2, -0.15) is 0 Å². The van der Waals surface area contributed by atoms with E-state index in [1.807, 2.05) is 30.3 Å². The van der Waals surface area contributed by atoms with Gasteiger partial charge >= 0.3 is 11.9 Å². The van der Waals surface area contributed by atoms with E-state index in [-0.39, 0.29) is 23.3 Å². The number of nitrogens with zero attached hydrogens (tertiary/aromatic N) is 2. The molecule has 3 amide bonds. The third kappa shape index (κ3) is 12.5. The predicted octanol–water partition coefficient (Wildman–Crippen LogP) is 7.70. The van der Waals surface area contributed by atoms with Gasteiger partial charge < -0.3 is 38.8 Å². The number of anilines is 3. The Morgan fingerprint density at radius 2 is 0.955 bits per heavy atom. The molecule has 17 heteroatoms. The van der Waals surface area contributed by atoms with E-state index in [2.05, 4.69) is 10.1 Å². The second kappa shape index (κ2) is 23.6. The van der Waals surface area contributed by atoms with Crippen molar-refractivity contribution in [3.8, 4) is 17.2 Å². The van der Waals surface area contributed by atoms with Gasteiger partial charge in [0.2, 0.25) is 0 Å². The molecule has 6 aromatic carbocycles. The molecule has 0 unspecified atom stereocenters. The lowest BCUT2D eigenvalue weighted by molar-refractivity contribution is 0.0592. The lowest BCUT2D eigenvalue weighted by atomic mass is 10.1. The Kier molecular flexibility index (Phi) is 17.0. The van der Waals surface area contributed by atoms with Crippen molar-refractivity contribution in [3.63, 3.8) is 0 Å². The van der Waals surface area contributed by atoms with Crippen molar-refractivity contribution < 1.29 is 57.7 Å². The zero-order chi connectivity index (χ0) is 47.7. The zero-order valence-corrected chi connectivity index (χ0v) is 37.1. The zero-order valence-electron chi connectivity index (χ0n) is 36.3. The molecule has 9 rings (SSSR count). The summed E-state index contributed by atoms with van der Waals surface area (Å²) in [5.41, 5.74) is 6.39. The van der Waals surface area contributed by atoms with Gasteiger partial charge in [-0.3, -0.25) is 24.4 Å². The van der Waals surface area contributed by atoms with Crippen LogP contribution in [0.4, 0.5) is 17.1 Å². The standard InChI is InChI=1S/C17H15NO4.C16H14N2O4.C10H11NO3.C7H5ClO/c1-21-17(20)13-7-8-15-14(11-13)18(9-10-22-15)16(19)12-5-3-2-4-6-12;19-15(17-21)12-6-7-14-13(10-12)18(8-9-22-14)16(20)11-4-2-1-3-5-11;1-13-10(12)7-2-3-9-8(6-7)11-4-5-14-9;8-7(9)6-4-2-1-3-5-6/h2-8,11H,9-10H2,1H3;1-7,10,21H,8-9H2,(H,17,19);2-3,6,11H,4-5H2,1H3;1-5H. The molecule has 0 saturated carbocycles. The summed E-state index contributed by atoms with van der Waals surface area (Å²) in [6.45, 7) is 3.05. The number of ether oxygens (including phenoxy) is 5. The highest BCUT2D eigenvalue weighted by Crippen LogP contribution is 2.35. The third-order valence-electron chi connectivity index (χ3n) is 10.0. The van der Waals surface area contributed by atoms with E-state index >= 15 is 0 Å². The number of hydroxylamine groups is 1. The number of fused-ring (bicyclic) bond motifs is 3. The number of hydrogen-bond acceptors (Lipinski definition) is 13. The van der Waals surface area contributed by atoms with Crippen LogP contribution in [0.3, 0.4) is 0 Å². The van der Waals surface area contributed by atoms with Gasteiger partial charge in [0.25, 0.3) is 23.0 Å². The molecule has 0 bridgehead atoms. The average molecular weight is 929 g/mol. The number of carbonyl (C=O) groups excluding carboxylic acids is 6. The molecule has 0 aliphatic carbocycles. The van der Waals surface area contributed by atoms with Crippen molar-refractivity contribution in [1.82, 2.24) is 5.48 Å². The molecule has 3 N–H and O–H groups in total. The van der Waals surface area contributed by atoms with Crippen molar-refractivity contribution in [1.29, 1.82) is 0 Å². The largest absolute Gasteiger partial charge is 0.490 e. The van der Waals surface area contributed by atoms with Crippen LogP contribution >= 0.6 is 11.6 Å². The minimum absolute atomic E-state index is 0.118. The molecule has 67 heavy (non-hydrogen) atoms. The molecule has 3 heterocycles. The fraction of sp³-hybridized carbons (Fsp3) is 0.160. The number of nitrogens with one attached hydrogen (secondary N) is 2. The maximum atomic E-state index is 12.7. The summed E-state index contributed by atoms with van der Waals surface area (Å²) in [7, 11) is 2.69. The van der Waals surface area contributed by atoms with E-state index in [0.717, 1.165) is 18.0 Å².